The molecule has 0 radical (unpaired) electrons. The molecule has 2 aromatic heterocycles. The van der Waals surface area contributed by atoms with E-state index in [4.69, 9.17) is 9.15 Å². The van der Waals surface area contributed by atoms with Crippen LogP contribution in [0.1, 0.15) is 28.6 Å². The number of pyridine rings is 1. The van der Waals surface area contributed by atoms with E-state index in [1.165, 1.54) is 0 Å². The average Bonchev–Trinajstić information content (AvgIpc) is 3.05. The fourth-order valence-corrected chi connectivity index (χ4v) is 2.57. The smallest absolute Gasteiger partial charge is 0.214 e. The van der Waals surface area contributed by atoms with E-state index in [-0.39, 0.29) is 0 Å². The molecule has 7 nitrogen and oxygen atoms in total. The molecule has 28 heavy (non-hydrogen) atoms. The Morgan fingerprint density at radius 1 is 1.11 bits per heavy atom. The van der Waals surface area contributed by atoms with Crippen LogP contribution in [0, 0.1) is 13.8 Å². The molecule has 0 unspecified atom stereocenters. The second kappa shape index (κ2) is 9.55. The maximum absolute atomic E-state index is 5.83. The molecule has 0 saturated carbocycles. The van der Waals surface area contributed by atoms with Crippen LogP contribution < -0.4 is 15.4 Å². The summed E-state index contributed by atoms with van der Waals surface area (Å²) in [5.74, 6) is 2.96. The van der Waals surface area contributed by atoms with E-state index in [2.05, 4.69) is 25.6 Å². The van der Waals surface area contributed by atoms with E-state index in [9.17, 15) is 0 Å². The van der Waals surface area contributed by atoms with Crippen molar-refractivity contribution < 1.29 is 9.15 Å². The van der Waals surface area contributed by atoms with Crippen molar-refractivity contribution in [2.24, 2.45) is 4.99 Å². The number of hydrogen-bond donors (Lipinski definition) is 2. The summed E-state index contributed by atoms with van der Waals surface area (Å²) in [7, 11) is 1.73. The number of ether oxygens (including phenoxy) is 1. The van der Waals surface area contributed by atoms with Gasteiger partial charge in [0.05, 0.1) is 17.9 Å². The Balaban J connectivity index is 1.50. The molecule has 2 N–H and O–H groups in total. The van der Waals surface area contributed by atoms with Gasteiger partial charge >= 0.3 is 0 Å². The second-order valence-electron chi connectivity index (χ2n) is 6.29. The second-order valence-corrected chi connectivity index (χ2v) is 6.29. The molecule has 0 saturated heterocycles. The zero-order valence-electron chi connectivity index (χ0n) is 16.4. The summed E-state index contributed by atoms with van der Waals surface area (Å²) >= 11 is 0. The molecular formula is C21H25N5O2. The number of oxazole rings is 1. The van der Waals surface area contributed by atoms with E-state index in [1.807, 2.05) is 56.3 Å². The fourth-order valence-electron chi connectivity index (χ4n) is 2.57. The van der Waals surface area contributed by atoms with Crippen molar-refractivity contribution >= 4 is 5.96 Å². The SMILES string of the molecule is CN=C(NCc1cccc(OCc2ccccn2)c1)NCc1nc(C)c(C)o1. The highest BCUT2D eigenvalue weighted by molar-refractivity contribution is 5.79. The fraction of sp³-hybridized carbons (Fsp3) is 0.286. The molecule has 0 atom stereocenters. The van der Waals surface area contributed by atoms with Crippen LogP contribution in [0.2, 0.25) is 0 Å². The Bertz CT molecular complexity index is 902. The highest BCUT2D eigenvalue weighted by atomic mass is 16.5. The van der Waals surface area contributed by atoms with E-state index >= 15 is 0 Å². The lowest BCUT2D eigenvalue weighted by molar-refractivity contribution is 0.301. The molecule has 146 valence electrons. The summed E-state index contributed by atoms with van der Waals surface area (Å²) in [5.41, 5.74) is 2.89. The van der Waals surface area contributed by atoms with Crippen molar-refractivity contribution in [3.05, 3.63) is 77.3 Å². The van der Waals surface area contributed by atoms with Gasteiger partial charge in [-0.05, 0) is 43.7 Å². The van der Waals surface area contributed by atoms with Gasteiger partial charge < -0.3 is 19.8 Å². The standard InChI is InChI=1S/C21H25N5O2/c1-15-16(2)28-20(26-15)13-25-21(22-3)24-12-17-7-6-9-19(11-17)27-14-18-8-4-5-10-23-18/h4-11H,12-14H2,1-3H3,(H2,22,24,25). The molecule has 0 bridgehead atoms. The van der Waals surface area contributed by atoms with Gasteiger partial charge in [-0.25, -0.2) is 4.98 Å². The van der Waals surface area contributed by atoms with Crippen LogP contribution in [0.15, 0.2) is 58.1 Å². The molecule has 1 aromatic carbocycles. The van der Waals surface area contributed by atoms with Crippen molar-refractivity contribution in [3.8, 4) is 5.75 Å². The number of aromatic nitrogens is 2. The van der Waals surface area contributed by atoms with Crippen LogP contribution in [0.25, 0.3) is 0 Å². The van der Waals surface area contributed by atoms with Crippen molar-refractivity contribution in [2.45, 2.75) is 33.5 Å². The van der Waals surface area contributed by atoms with Crippen LogP contribution >= 0.6 is 0 Å². The number of aliphatic imine (C=N–C) groups is 1. The highest BCUT2D eigenvalue weighted by Crippen LogP contribution is 2.14. The zero-order valence-corrected chi connectivity index (χ0v) is 16.4. The van der Waals surface area contributed by atoms with Gasteiger partial charge in [0, 0.05) is 19.8 Å². The van der Waals surface area contributed by atoms with Gasteiger partial charge in [-0.1, -0.05) is 18.2 Å². The summed E-state index contributed by atoms with van der Waals surface area (Å²) in [6, 6.07) is 13.7. The first-order valence-corrected chi connectivity index (χ1v) is 9.13. The molecule has 0 spiro atoms. The van der Waals surface area contributed by atoms with Crippen molar-refractivity contribution in [1.29, 1.82) is 0 Å². The van der Waals surface area contributed by atoms with Gasteiger partial charge in [-0.3, -0.25) is 9.98 Å². The third kappa shape index (κ3) is 5.57. The largest absolute Gasteiger partial charge is 0.487 e. The monoisotopic (exact) mass is 379 g/mol. The minimum absolute atomic E-state index is 0.440. The van der Waals surface area contributed by atoms with E-state index in [0.29, 0.717) is 31.5 Å². The van der Waals surface area contributed by atoms with Gasteiger partial charge in [0.2, 0.25) is 5.89 Å². The highest BCUT2D eigenvalue weighted by Gasteiger charge is 2.06. The Morgan fingerprint density at radius 2 is 1.96 bits per heavy atom. The molecule has 0 aliphatic rings. The van der Waals surface area contributed by atoms with Crippen molar-refractivity contribution in [3.63, 3.8) is 0 Å². The van der Waals surface area contributed by atoms with E-state index in [0.717, 1.165) is 28.5 Å². The predicted octanol–water partition coefficient (Wildman–Crippen LogP) is 3.13. The Hall–Kier alpha value is -3.35. The average molecular weight is 379 g/mol. The molecule has 0 fully saturated rings. The quantitative estimate of drug-likeness (QED) is 0.485. The third-order valence-corrected chi connectivity index (χ3v) is 4.17. The van der Waals surface area contributed by atoms with E-state index in [1.54, 1.807) is 13.2 Å². The molecule has 0 aliphatic heterocycles. The molecule has 3 rings (SSSR count). The number of hydrogen-bond acceptors (Lipinski definition) is 5. The number of nitrogens with zero attached hydrogens (tertiary/aromatic N) is 3. The van der Waals surface area contributed by atoms with Gasteiger partial charge in [-0.15, -0.1) is 0 Å². The molecule has 0 aliphatic carbocycles. The lowest BCUT2D eigenvalue weighted by Gasteiger charge is -2.12. The van der Waals surface area contributed by atoms with Crippen LogP contribution in [0.3, 0.4) is 0 Å². The lowest BCUT2D eigenvalue weighted by atomic mass is 10.2. The molecule has 2 heterocycles. The number of guanidine groups is 1. The first-order chi connectivity index (χ1) is 13.6. The minimum Gasteiger partial charge on any atom is -0.487 e. The lowest BCUT2D eigenvalue weighted by Crippen LogP contribution is -2.36. The van der Waals surface area contributed by atoms with Gasteiger partial charge in [0.15, 0.2) is 5.96 Å². The van der Waals surface area contributed by atoms with Gasteiger partial charge in [0.1, 0.15) is 18.1 Å². The van der Waals surface area contributed by atoms with Crippen LogP contribution in [0.5, 0.6) is 5.75 Å². The molecule has 0 amide bonds. The summed E-state index contributed by atoms with van der Waals surface area (Å²) in [4.78, 5) is 12.9. The first kappa shape index (κ1) is 19.4. The van der Waals surface area contributed by atoms with Crippen molar-refractivity contribution in [1.82, 2.24) is 20.6 Å². The normalized spacial score (nSPS) is 11.3. The minimum atomic E-state index is 0.440. The van der Waals surface area contributed by atoms with Crippen LogP contribution in [0.4, 0.5) is 0 Å². The Labute approximate surface area is 164 Å². The van der Waals surface area contributed by atoms with Gasteiger partial charge in [0.25, 0.3) is 0 Å². The van der Waals surface area contributed by atoms with Gasteiger partial charge in [-0.2, -0.15) is 0 Å². The summed E-state index contributed by atoms with van der Waals surface area (Å²) in [6.45, 7) is 5.36. The first-order valence-electron chi connectivity index (χ1n) is 9.13. The van der Waals surface area contributed by atoms with Crippen molar-refractivity contribution in [2.75, 3.05) is 7.05 Å². The summed E-state index contributed by atoms with van der Waals surface area (Å²) < 4.78 is 11.4. The molecule has 7 heteroatoms. The van der Waals surface area contributed by atoms with E-state index < -0.39 is 0 Å². The number of benzene rings is 1. The van der Waals surface area contributed by atoms with Crippen LogP contribution in [-0.2, 0) is 19.7 Å². The summed E-state index contributed by atoms with van der Waals surface area (Å²) in [6.07, 6.45) is 1.76. The number of aryl methyl sites for hydroxylation is 2. The topological polar surface area (TPSA) is 84.6 Å². The Kier molecular flexibility index (Phi) is 6.62. The zero-order chi connectivity index (χ0) is 19.8. The molecule has 3 aromatic rings. The number of nitrogens with one attached hydrogen (secondary N) is 2. The predicted molar refractivity (Wildman–Crippen MR) is 108 cm³/mol. The maximum atomic E-state index is 5.83. The number of rotatable bonds is 7. The van der Waals surface area contributed by atoms with Crippen LogP contribution in [-0.4, -0.2) is 23.0 Å². The molecular weight excluding hydrogens is 354 g/mol. The Morgan fingerprint density at radius 3 is 2.68 bits per heavy atom. The third-order valence-electron chi connectivity index (χ3n) is 4.17. The summed E-state index contributed by atoms with van der Waals surface area (Å²) in [5, 5.41) is 6.48. The maximum Gasteiger partial charge on any atom is 0.214 e.